The SMILES string of the molecule is CC(=O)OC1CCCNC1.O=C(O)C(F)(F)F. The van der Waals surface area contributed by atoms with E-state index in [0.29, 0.717) is 0 Å². The molecule has 0 saturated carbocycles. The molecule has 0 bridgehead atoms. The predicted molar refractivity (Wildman–Crippen MR) is 51.3 cm³/mol. The fourth-order valence-electron chi connectivity index (χ4n) is 1.16. The molecule has 17 heavy (non-hydrogen) atoms. The van der Waals surface area contributed by atoms with Gasteiger partial charge in [0.1, 0.15) is 6.10 Å². The molecule has 1 heterocycles. The quantitative estimate of drug-likeness (QED) is 0.683. The van der Waals surface area contributed by atoms with E-state index in [1.807, 2.05) is 0 Å². The minimum absolute atomic E-state index is 0.117. The Kier molecular flexibility index (Phi) is 6.55. The lowest BCUT2D eigenvalue weighted by Crippen LogP contribution is -2.36. The molecule has 1 atom stereocenters. The van der Waals surface area contributed by atoms with Crippen molar-refractivity contribution in [2.75, 3.05) is 13.1 Å². The van der Waals surface area contributed by atoms with Gasteiger partial charge in [0.2, 0.25) is 0 Å². The van der Waals surface area contributed by atoms with Gasteiger partial charge in [-0.15, -0.1) is 0 Å². The van der Waals surface area contributed by atoms with Crippen LogP contribution >= 0.6 is 0 Å². The van der Waals surface area contributed by atoms with Crippen molar-refractivity contribution >= 4 is 11.9 Å². The fraction of sp³-hybridized carbons (Fsp3) is 0.778. The van der Waals surface area contributed by atoms with Crippen LogP contribution < -0.4 is 5.32 Å². The van der Waals surface area contributed by atoms with E-state index in [0.717, 1.165) is 25.9 Å². The number of alkyl halides is 3. The Balaban J connectivity index is 0.000000325. The van der Waals surface area contributed by atoms with Crippen molar-refractivity contribution in [3.05, 3.63) is 0 Å². The van der Waals surface area contributed by atoms with Crippen LogP contribution in [0.3, 0.4) is 0 Å². The third-order valence-electron chi connectivity index (χ3n) is 1.83. The van der Waals surface area contributed by atoms with E-state index in [-0.39, 0.29) is 12.1 Å². The number of carbonyl (C=O) groups excluding carboxylic acids is 1. The molecule has 0 radical (unpaired) electrons. The molecule has 2 N–H and O–H groups in total. The summed E-state index contributed by atoms with van der Waals surface area (Å²) in [5.74, 6) is -2.93. The average molecular weight is 257 g/mol. The fourth-order valence-corrected chi connectivity index (χ4v) is 1.16. The predicted octanol–water partition coefficient (Wildman–Crippen LogP) is 0.935. The van der Waals surface area contributed by atoms with Crippen LogP contribution in [0.15, 0.2) is 0 Å². The molecule has 1 unspecified atom stereocenters. The zero-order valence-corrected chi connectivity index (χ0v) is 9.21. The van der Waals surface area contributed by atoms with E-state index in [1.54, 1.807) is 0 Å². The highest BCUT2D eigenvalue weighted by atomic mass is 19.4. The number of hydrogen-bond donors (Lipinski definition) is 2. The Hall–Kier alpha value is -1.31. The lowest BCUT2D eigenvalue weighted by Gasteiger charge is -2.21. The number of aliphatic carboxylic acids is 1. The number of carboxylic acids is 1. The molecule has 0 aromatic carbocycles. The van der Waals surface area contributed by atoms with Gasteiger partial charge in [0.25, 0.3) is 0 Å². The van der Waals surface area contributed by atoms with Crippen LogP contribution in [0.5, 0.6) is 0 Å². The third kappa shape index (κ3) is 8.49. The minimum Gasteiger partial charge on any atom is -0.475 e. The second kappa shape index (κ2) is 7.10. The van der Waals surface area contributed by atoms with Crippen LogP contribution in [-0.4, -0.2) is 42.4 Å². The van der Waals surface area contributed by atoms with E-state index in [1.165, 1.54) is 6.92 Å². The van der Waals surface area contributed by atoms with Gasteiger partial charge in [0, 0.05) is 13.5 Å². The largest absolute Gasteiger partial charge is 0.490 e. The van der Waals surface area contributed by atoms with Crippen LogP contribution in [0.25, 0.3) is 0 Å². The van der Waals surface area contributed by atoms with E-state index in [2.05, 4.69) is 5.32 Å². The maximum atomic E-state index is 10.6. The molecule has 1 rings (SSSR count). The molecule has 5 nitrogen and oxygen atoms in total. The second-order valence-corrected chi connectivity index (χ2v) is 3.38. The number of halogens is 3. The molecule has 0 aromatic heterocycles. The number of rotatable bonds is 1. The number of hydrogen-bond acceptors (Lipinski definition) is 4. The molecule has 0 spiro atoms. The van der Waals surface area contributed by atoms with Crippen molar-refractivity contribution in [1.29, 1.82) is 0 Å². The monoisotopic (exact) mass is 257 g/mol. The van der Waals surface area contributed by atoms with Crippen LogP contribution in [0.2, 0.25) is 0 Å². The summed E-state index contributed by atoms with van der Waals surface area (Å²) in [7, 11) is 0. The van der Waals surface area contributed by atoms with Crippen molar-refractivity contribution in [1.82, 2.24) is 5.32 Å². The first kappa shape index (κ1) is 15.7. The summed E-state index contributed by atoms with van der Waals surface area (Å²) in [6, 6.07) is 0. The number of piperidine rings is 1. The van der Waals surface area contributed by atoms with Gasteiger partial charge in [-0.25, -0.2) is 4.79 Å². The zero-order valence-electron chi connectivity index (χ0n) is 9.21. The van der Waals surface area contributed by atoms with Crippen molar-refractivity contribution in [3.8, 4) is 0 Å². The molecular formula is C9H14F3NO4. The molecule has 0 amide bonds. The zero-order chi connectivity index (χ0) is 13.5. The smallest absolute Gasteiger partial charge is 0.475 e. The average Bonchev–Trinajstić information content (AvgIpc) is 2.17. The van der Waals surface area contributed by atoms with Gasteiger partial charge in [0.05, 0.1) is 0 Å². The maximum absolute atomic E-state index is 10.6. The van der Waals surface area contributed by atoms with E-state index >= 15 is 0 Å². The molecule has 0 aliphatic carbocycles. The van der Waals surface area contributed by atoms with Crippen LogP contribution in [0.1, 0.15) is 19.8 Å². The number of ether oxygens (including phenoxy) is 1. The third-order valence-corrected chi connectivity index (χ3v) is 1.83. The van der Waals surface area contributed by atoms with Gasteiger partial charge in [0.15, 0.2) is 0 Å². The van der Waals surface area contributed by atoms with Gasteiger partial charge < -0.3 is 15.2 Å². The Bertz CT molecular complexity index is 261. The first-order chi connectivity index (χ1) is 7.73. The first-order valence-corrected chi connectivity index (χ1v) is 4.91. The number of carboxylic acid groups (broad SMARTS) is 1. The second-order valence-electron chi connectivity index (χ2n) is 3.38. The van der Waals surface area contributed by atoms with Gasteiger partial charge in [-0.05, 0) is 19.4 Å². The highest BCUT2D eigenvalue weighted by Crippen LogP contribution is 2.13. The molecule has 1 fully saturated rings. The number of carbonyl (C=O) groups is 2. The molecular weight excluding hydrogens is 243 g/mol. The lowest BCUT2D eigenvalue weighted by molar-refractivity contribution is -0.192. The standard InChI is InChI=1S/C7H13NO2.C2HF3O2/c1-6(9)10-7-3-2-4-8-5-7;3-2(4,5)1(6)7/h7-8H,2-5H2,1H3;(H,6,7). The molecule has 100 valence electrons. The summed E-state index contributed by atoms with van der Waals surface area (Å²) < 4.78 is 36.7. The van der Waals surface area contributed by atoms with Crippen molar-refractivity contribution < 1.29 is 32.6 Å². The Labute approximate surface area is 95.9 Å². The molecule has 1 aliphatic heterocycles. The van der Waals surface area contributed by atoms with E-state index < -0.39 is 12.1 Å². The van der Waals surface area contributed by atoms with Crippen molar-refractivity contribution in [2.45, 2.75) is 32.0 Å². The Morgan fingerprint density at radius 1 is 1.41 bits per heavy atom. The normalized spacial score (nSPS) is 19.9. The van der Waals surface area contributed by atoms with Crippen LogP contribution in [0, 0.1) is 0 Å². The molecule has 8 heteroatoms. The summed E-state index contributed by atoms with van der Waals surface area (Å²) in [4.78, 5) is 19.4. The lowest BCUT2D eigenvalue weighted by atomic mass is 10.1. The highest BCUT2D eigenvalue weighted by Gasteiger charge is 2.38. The van der Waals surface area contributed by atoms with Gasteiger partial charge in [-0.3, -0.25) is 4.79 Å². The first-order valence-electron chi connectivity index (χ1n) is 4.91. The van der Waals surface area contributed by atoms with Gasteiger partial charge >= 0.3 is 18.1 Å². The number of nitrogens with one attached hydrogen (secondary N) is 1. The highest BCUT2D eigenvalue weighted by molar-refractivity contribution is 5.73. The van der Waals surface area contributed by atoms with E-state index in [9.17, 15) is 18.0 Å². The van der Waals surface area contributed by atoms with Crippen molar-refractivity contribution in [3.63, 3.8) is 0 Å². The van der Waals surface area contributed by atoms with Crippen LogP contribution in [0.4, 0.5) is 13.2 Å². The van der Waals surface area contributed by atoms with Crippen molar-refractivity contribution in [2.24, 2.45) is 0 Å². The Morgan fingerprint density at radius 3 is 2.24 bits per heavy atom. The minimum atomic E-state index is -5.08. The maximum Gasteiger partial charge on any atom is 0.490 e. The summed E-state index contributed by atoms with van der Waals surface area (Å²) in [5, 5.41) is 10.3. The molecule has 1 saturated heterocycles. The van der Waals surface area contributed by atoms with Crippen LogP contribution in [-0.2, 0) is 14.3 Å². The Morgan fingerprint density at radius 2 is 1.94 bits per heavy atom. The summed E-state index contributed by atoms with van der Waals surface area (Å²) in [5.41, 5.74) is 0. The summed E-state index contributed by atoms with van der Waals surface area (Å²) >= 11 is 0. The van der Waals surface area contributed by atoms with Gasteiger partial charge in [-0.2, -0.15) is 13.2 Å². The van der Waals surface area contributed by atoms with E-state index in [4.69, 9.17) is 14.6 Å². The summed E-state index contributed by atoms with van der Waals surface area (Å²) in [6.45, 7) is 3.33. The number of esters is 1. The van der Waals surface area contributed by atoms with Gasteiger partial charge in [-0.1, -0.05) is 0 Å². The molecule has 0 aromatic rings. The molecule has 1 aliphatic rings. The summed E-state index contributed by atoms with van der Waals surface area (Å²) in [6.07, 6.45) is -2.85. The topological polar surface area (TPSA) is 75.6 Å².